The van der Waals surface area contributed by atoms with Gasteiger partial charge in [0.05, 0.1) is 6.61 Å². The van der Waals surface area contributed by atoms with Crippen LogP contribution in [0.1, 0.15) is 29.7 Å². The molecule has 0 spiro atoms. The lowest BCUT2D eigenvalue weighted by Gasteiger charge is -2.27. The van der Waals surface area contributed by atoms with Gasteiger partial charge < -0.3 is 14.6 Å². The Kier molecular flexibility index (Phi) is 4.03. The number of rotatable bonds is 4. The molecule has 0 radical (unpaired) electrons. The third-order valence-corrected chi connectivity index (χ3v) is 3.81. The van der Waals surface area contributed by atoms with Crippen molar-refractivity contribution in [3.05, 3.63) is 40.0 Å². The molecule has 0 aliphatic carbocycles. The number of benzene rings is 1. The average molecular weight is 338 g/mol. The van der Waals surface area contributed by atoms with Gasteiger partial charge in [0.15, 0.2) is 5.82 Å². The third kappa shape index (κ3) is 3.02. The minimum atomic E-state index is 0.309. The zero-order valence-electron chi connectivity index (χ0n) is 11.2. The Bertz CT molecular complexity index is 600. The van der Waals surface area contributed by atoms with Crippen molar-refractivity contribution in [2.75, 3.05) is 13.2 Å². The van der Waals surface area contributed by atoms with Gasteiger partial charge in [-0.15, -0.1) is 0 Å². The lowest BCUT2D eigenvalue weighted by atomic mass is 10.0. The van der Waals surface area contributed by atoms with Crippen LogP contribution in [0.3, 0.4) is 0 Å². The Hall–Kier alpha value is -1.40. The highest BCUT2D eigenvalue weighted by Crippen LogP contribution is 2.33. The lowest BCUT2D eigenvalue weighted by Crippen LogP contribution is -2.28. The number of nitrogens with one attached hydrogen (secondary N) is 1. The molecule has 1 aliphatic rings. The second kappa shape index (κ2) is 5.93. The molecular formula is C14H16BrN3O2. The van der Waals surface area contributed by atoms with Crippen molar-refractivity contribution in [1.82, 2.24) is 15.5 Å². The zero-order chi connectivity index (χ0) is 13.9. The van der Waals surface area contributed by atoms with Gasteiger partial charge in [-0.1, -0.05) is 21.1 Å². The normalized spacial score (nSPS) is 17.6. The zero-order valence-corrected chi connectivity index (χ0v) is 12.8. The molecule has 5 nitrogen and oxygen atoms in total. The van der Waals surface area contributed by atoms with Crippen molar-refractivity contribution < 1.29 is 9.26 Å². The number of fused-ring (bicyclic) bond motifs is 1. The monoisotopic (exact) mass is 337 g/mol. The summed E-state index contributed by atoms with van der Waals surface area (Å²) in [4.78, 5) is 4.20. The van der Waals surface area contributed by atoms with Crippen molar-refractivity contribution in [2.45, 2.75) is 25.8 Å². The average Bonchev–Trinajstić information content (AvgIpc) is 2.85. The Morgan fingerprint density at radius 2 is 2.35 bits per heavy atom. The third-order valence-electron chi connectivity index (χ3n) is 3.32. The standard InChI is InChI=1S/C14H16BrN3O2/c1-9-17-14(18-20-9)4-6-16-12-5-7-19-13-3-2-10(15)8-11(12)13/h2-3,8,12,16H,4-7H2,1H3. The predicted octanol–water partition coefficient (Wildman–Crippen LogP) is 2.80. The minimum Gasteiger partial charge on any atom is -0.493 e. The molecule has 1 unspecified atom stereocenters. The summed E-state index contributed by atoms with van der Waals surface area (Å²) >= 11 is 3.51. The second-order valence-corrected chi connectivity index (χ2v) is 5.72. The van der Waals surface area contributed by atoms with E-state index in [-0.39, 0.29) is 0 Å². The Morgan fingerprint density at radius 1 is 1.45 bits per heavy atom. The number of nitrogens with zero attached hydrogens (tertiary/aromatic N) is 2. The van der Waals surface area contributed by atoms with Gasteiger partial charge in [-0.05, 0) is 18.2 Å². The molecule has 6 heteroatoms. The number of hydrogen-bond acceptors (Lipinski definition) is 5. The summed E-state index contributed by atoms with van der Waals surface area (Å²) in [5.74, 6) is 2.32. The quantitative estimate of drug-likeness (QED) is 0.929. The Labute approximate surface area is 125 Å². The van der Waals surface area contributed by atoms with E-state index in [1.165, 1.54) is 5.56 Å². The number of hydrogen-bond donors (Lipinski definition) is 1. The van der Waals surface area contributed by atoms with Crippen LogP contribution in [0, 0.1) is 6.92 Å². The van der Waals surface area contributed by atoms with E-state index in [0.29, 0.717) is 11.9 Å². The summed E-state index contributed by atoms with van der Waals surface area (Å²) in [6.07, 6.45) is 1.73. The van der Waals surface area contributed by atoms with E-state index in [4.69, 9.17) is 9.26 Å². The van der Waals surface area contributed by atoms with Crippen molar-refractivity contribution in [1.29, 1.82) is 0 Å². The van der Waals surface area contributed by atoms with Crippen LogP contribution < -0.4 is 10.1 Å². The molecule has 1 N–H and O–H groups in total. The van der Waals surface area contributed by atoms with Crippen molar-refractivity contribution in [2.24, 2.45) is 0 Å². The van der Waals surface area contributed by atoms with E-state index in [1.807, 2.05) is 12.1 Å². The van der Waals surface area contributed by atoms with E-state index in [1.54, 1.807) is 6.92 Å². The van der Waals surface area contributed by atoms with Gasteiger partial charge in [0.2, 0.25) is 5.89 Å². The van der Waals surface area contributed by atoms with Crippen LogP contribution in [-0.4, -0.2) is 23.3 Å². The fourth-order valence-electron chi connectivity index (χ4n) is 2.38. The minimum absolute atomic E-state index is 0.309. The van der Waals surface area contributed by atoms with Crippen molar-refractivity contribution in [3.63, 3.8) is 0 Å². The topological polar surface area (TPSA) is 60.2 Å². The van der Waals surface area contributed by atoms with Gasteiger partial charge in [0, 0.05) is 42.4 Å². The molecule has 0 bridgehead atoms. The first-order valence-electron chi connectivity index (χ1n) is 6.67. The Balaban J connectivity index is 1.63. The number of aryl methyl sites for hydroxylation is 1. The maximum atomic E-state index is 5.68. The predicted molar refractivity (Wildman–Crippen MR) is 77.7 cm³/mol. The van der Waals surface area contributed by atoms with Crippen LogP contribution in [-0.2, 0) is 6.42 Å². The van der Waals surface area contributed by atoms with E-state index in [9.17, 15) is 0 Å². The summed E-state index contributed by atoms with van der Waals surface area (Å²) in [7, 11) is 0. The van der Waals surface area contributed by atoms with Crippen LogP contribution >= 0.6 is 15.9 Å². The number of aromatic nitrogens is 2. The summed E-state index contributed by atoms with van der Waals surface area (Å²) in [6.45, 7) is 3.36. The van der Waals surface area contributed by atoms with Gasteiger partial charge in [-0.2, -0.15) is 4.98 Å². The van der Waals surface area contributed by atoms with Crippen molar-refractivity contribution in [3.8, 4) is 5.75 Å². The molecule has 2 aromatic rings. The molecule has 0 fully saturated rings. The number of halogens is 1. The molecule has 0 amide bonds. The number of ether oxygens (including phenoxy) is 1. The van der Waals surface area contributed by atoms with E-state index >= 15 is 0 Å². The fraction of sp³-hybridized carbons (Fsp3) is 0.429. The highest BCUT2D eigenvalue weighted by Gasteiger charge is 2.21. The summed E-state index contributed by atoms with van der Waals surface area (Å²) in [5, 5.41) is 7.44. The summed E-state index contributed by atoms with van der Waals surface area (Å²) in [5.41, 5.74) is 1.20. The lowest BCUT2D eigenvalue weighted by molar-refractivity contribution is 0.253. The Morgan fingerprint density at radius 3 is 3.15 bits per heavy atom. The second-order valence-electron chi connectivity index (χ2n) is 4.81. The first kappa shape index (κ1) is 13.6. The highest BCUT2D eigenvalue weighted by molar-refractivity contribution is 9.10. The van der Waals surface area contributed by atoms with Crippen LogP contribution in [0.15, 0.2) is 27.2 Å². The first-order chi connectivity index (χ1) is 9.72. The highest BCUT2D eigenvalue weighted by atomic mass is 79.9. The molecular weight excluding hydrogens is 322 g/mol. The summed E-state index contributed by atoms with van der Waals surface area (Å²) < 4.78 is 11.7. The molecule has 3 rings (SSSR count). The smallest absolute Gasteiger partial charge is 0.223 e. The van der Waals surface area contributed by atoms with E-state index in [2.05, 4.69) is 37.5 Å². The molecule has 1 aromatic heterocycles. The molecule has 1 aliphatic heterocycles. The molecule has 106 valence electrons. The molecule has 0 saturated heterocycles. The maximum absolute atomic E-state index is 5.68. The fourth-order valence-corrected chi connectivity index (χ4v) is 2.76. The van der Waals surface area contributed by atoms with Crippen LogP contribution in [0.5, 0.6) is 5.75 Å². The molecule has 1 aromatic carbocycles. The molecule has 20 heavy (non-hydrogen) atoms. The molecule has 1 atom stereocenters. The van der Waals surface area contributed by atoms with E-state index < -0.39 is 0 Å². The molecule has 2 heterocycles. The largest absolute Gasteiger partial charge is 0.493 e. The van der Waals surface area contributed by atoms with Gasteiger partial charge >= 0.3 is 0 Å². The summed E-state index contributed by atoms with van der Waals surface area (Å²) in [6, 6.07) is 6.44. The van der Waals surface area contributed by atoms with Crippen molar-refractivity contribution >= 4 is 15.9 Å². The van der Waals surface area contributed by atoms with Crippen LogP contribution in [0.2, 0.25) is 0 Å². The first-order valence-corrected chi connectivity index (χ1v) is 7.46. The van der Waals surface area contributed by atoms with Crippen LogP contribution in [0.25, 0.3) is 0 Å². The van der Waals surface area contributed by atoms with Gasteiger partial charge in [-0.25, -0.2) is 0 Å². The van der Waals surface area contributed by atoms with Crippen LogP contribution in [0.4, 0.5) is 0 Å². The maximum Gasteiger partial charge on any atom is 0.223 e. The SMILES string of the molecule is Cc1nc(CCNC2CCOc3ccc(Br)cc32)no1. The van der Waals surface area contributed by atoms with E-state index in [0.717, 1.165) is 42.0 Å². The van der Waals surface area contributed by atoms with Gasteiger partial charge in [0.1, 0.15) is 5.75 Å². The molecule has 0 saturated carbocycles. The van der Waals surface area contributed by atoms with Gasteiger partial charge in [-0.3, -0.25) is 0 Å². The van der Waals surface area contributed by atoms with Gasteiger partial charge in [0.25, 0.3) is 0 Å².